The third-order valence-corrected chi connectivity index (χ3v) is 8.53. The molecule has 0 spiro atoms. The van der Waals surface area contributed by atoms with E-state index in [4.69, 9.17) is 0 Å². The van der Waals surface area contributed by atoms with Gasteiger partial charge in [0, 0.05) is 11.3 Å². The molecule has 0 aromatic heterocycles. The van der Waals surface area contributed by atoms with E-state index >= 15 is 0 Å². The van der Waals surface area contributed by atoms with Crippen LogP contribution in [0.25, 0.3) is 11.6 Å². The van der Waals surface area contributed by atoms with Crippen LogP contribution in [-0.2, 0) is 17.3 Å². The zero-order valence-electron chi connectivity index (χ0n) is 23.6. The molecule has 3 nitrogen and oxygen atoms in total. The Balaban J connectivity index is 1.64. The van der Waals surface area contributed by atoms with Crippen molar-refractivity contribution in [1.29, 1.82) is 0 Å². The lowest BCUT2D eigenvalue weighted by Gasteiger charge is -2.32. The Bertz CT molecular complexity index is 1330. The summed E-state index contributed by atoms with van der Waals surface area (Å²) in [4.78, 5) is 12.7. The predicted octanol–water partition coefficient (Wildman–Crippen LogP) is 8.61. The topological polar surface area (TPSA) is 49.3 Å². The van der Waals surface area contributed by atoms with Crippen molar-refractivity contribution in [3.8, 4) is 5.75 Å². The Morgan fingerprint density at radius 2 is 1.51 bits per heavy atom. The molecule has 1 aliphatic carbocycles. The van der Waals surface area contributed by atoms with E-state index in [1.54, 1.807) is 24.3 Å². The molecule has 0 fully saturated rings. The zero-order chi connectivity index (χ0) is 27.1. The maximum atomic E-state index is 12.7. The summed E-state index contributed by atoms with van der Waals surface area (Å²) in [6.45, 7) is 18.7. The van der Waals surface area contributed by atoms with E-state index in [1.165, 1.54) is 27.8 Å². The van der Waals surface area contributed by atoms with Crippen LogP contribution >= 0.6 is 0 Å². The van der Waals surface area contributed by atoms with Gasteiger partial charge in [-0.2, -0.15) is 0 Å². The van der Waals surface area contributed by atoms with Crippen LogP contribution in [0.3, 0.4) is 0 Å². The fraction of sp³-hybridized carbons (Fsp3) is 0.382. The van der Waals surface area contributed by atoms with E-state index in [1.807, 2.05) is 24.3 Å². The predicted molar refractivity (Wildman–Crippen MR) is 156 cm³/mol. The van der Waals surface area contributed by atoms with Crippen LogP contribution in [-0.4, -0.2) is 11.0 Å². The molecule has 0 bridgehead atoms. The summed E-state index contributed by atoms with van der Waals surface area (Å²) in [6, 6.07) is 19.2. The van der Waals surface area contributed by atoms with Gasteiger partial charge in [0.05, 0.1) is 0 Å². The second kappa shape index (κ2) is 9.85. The van der Waals surface area contributed by atoms with Crippen molar-refractivity contribution in [2.45, 2.75) is 72.6 Å². The molecule has 1 atom stereocenters. The number of nitrogens with one attached hydrogen (secondary N) is 1. The number of allylic oxidation sites excluding steroid dienone is 1. The van der Waals surface area contributed by atoms with Gasteiger partial charge >= 0.3 is 0 Å². The third-order valence-electron chi connectivity index (χ3n) is 8.53. The molecule has 0 radical (unpaired) electrons. The van der Waals surface area contributed by atoms with Gasteiger partial charge in [0.15, 0.2) is 0 Å². The first kappa shape index (κ1) is 26.7. The summed E-state index contributed by atoms with van der Waals surface area (Å²) >= 11 is 0. The zero-order valence-corrected chi connectivity index (χ0v) is 23.6. The van der Waals surface area contributed by atoms with Crippen LogP contribution in [0.2, 0.25) is 0 Å². The second-order valence-electron chi connectivity index (χ2n) is 12.3. The number of anilines is 1. The third kappa shape index (κ3) is 5.23. The Kier molecular flexibility index (Phi) is 7.12. The second-order valence-corrected chi connectivity index (χ2v) is 12.3. The minimum atomic E-state index is -0.172. The normalized spacial score (nSPS) is 18.1. The number of phenols is 1. The van der Waals surface area contributed by atoms with E-state index in [2.05, 4.69) is 78.9 Å². The average molecular weight is 496 g/mol. The van der Waals surface area contributed by atoms with E-state index in [9.17, 15) is 9.90 Å². The highest BCUT2D eigenvalue weighted by Gasteiger charge is 2.48. The molecule has 3 heteroatoms. The van der Waals surface area contributed by atoms with Gasteiger partial charge < -0.3 is 10.4 Å². The maximum Gasteiger partial charge on any atom is 0.255 e. The monoisotopic (exact) mass is 495 g/mol. The number of hydrogen-bond acceptors (Lipinski definition) is 2. The average Bonchev–Trinajstić information content (AvgIpc) is 2.96. The van der Waals surface area contributed by atoms with Gasteiger partial charge in [-0.1, -0.05) is 78.8 Å². The first-order chi connectivity index (χ1) is 17.3. The summed E-state index contributed by atoms with van der Waals surface area (Å²) in [5.74, 6) is 1.13. The van der Waals surface area contributed by atoms with Crippen molar-refractivity contribution in [2.75, 3.05) is 5.32 Å². The van der Waals surface area contributed by atoms with E-state index in [0.29, 0.717) is 23.1 Å². The molecular formula is C34H41NO2. The van der Waals surface area contributed by atoms with Crippen LogP contribution < -0.4 is 5.32 Å². The van der Waals surface area contributed by atoms with Gasteiger partial charge in [0.25, 0.3) is 5.91 Å². The summed E-state index contributed by atoms with van der Waals surface area (Å²) in [5, 5.41) is 12.3. The number of benzene rings is 3. The first-order valence-electron chi connectivity index (χ1n) is 13.4. The molecule has 0 saturated heterocycles. The highest BCUT2D eigenvalue weighted by Crippen LogP contribution is 2.54. The van der Waals surface area contributed by atoms with Crippen molar-refractivity contribution >= 4 is 23.2 Å². The number of phenolic OH excluding ortho intramolecular Hbond substituents is 1. The number of rotatable bonds is 6. The number of fused-ring (bicyclic) bond motifs is 1. The van der Waals surface area contributed by atoms with Crippen molar-refractivity contribution in [1.82, 2.24) is 0 Å². The molecule has 37 heavy (non-hydrogen) atoms. The Hall–Kier alpha value is -3.33. The highest BCUT2D eigenvalue weighted by atomic mass is 16.3. The molecule has 1 amide bonds. The minimum absolute atomic E-state index is 0.122. The number of carbonyl (C=O) groups is 1. The van der Waals surface area contributed by atoms with Crippen LogP contribution in [0.4, 0.5) is 5.69 Å². The van der Waals surface area contributed by atoms with Gasteiger partial charge in [0.1, 0.15) is 5.75 Å². The lowest BCUT2D eigenvalue weighted by Crippen LogP contribution is -2.30. The molecule has 1 aliphatic rings. The van der Waals surface area contributed by atoms with Crippen molar-refractivity contribution in [2.24, 2.45) is 11.8 Å². The van der Waals surface area contributed by atoms with Crippen LogP contribution in [0.1, 0.15) is 93.6 Å². The molecule has 194 valence electrons. The quantitative estimate of drug-likeness (QED) is 0.266. The van der Waals surface area contributed by atoms with E-state index in [0.717, 1.165) is 12.0 Å². The van der Waals surface area contributed by atoms with Crippen LogP contribution in [0, 0.1) is 11.8 Å². The van der Waals surface area contributed by atoms with Gasteiger partial charge in [-0.05, 0) is 106 Å². The lowest BCUT2D eigenvalue weighted by atomic mass is 9.71. The van der Waals surface area contributed by atoms with Crippen LogP contribution in [0.5, 0.6) is 5.75 Å². The Morgan fingerprint density at radius 3 is 2.08 bits per heavy atom. The molecule has 0 saturated carbocycles. The summed E-state index contributed by atoms with van der Waals surface area (Å²) in [7, 11) is 0. The SMILES string of the molecule is CC(=Cc1ccc(C(=O)Nc2ccc(O)cc2)cc1)c1cc2c(cc1CC(C)C)C(C)(C)C(C)C2(C)C. The smallest absolute Gasteiger partial charge is 0.255 e. The van der Waals surface area contributed by atoms with Gasteiger partial charge in [-0.3, -0.25) is 4.79 Å². The molecule has 3 aromatic rings. The summed E-state index contributed by atoms with van der Waals surface area (Å²) < 4.78 is 0. The Labute approximate surface area is 222 Å². The maximum absolute atomic E-state index is 12.7. The van der Waals surface area contributed by atoms with Crippen molar-refractivity contribution in [3.05, 3.63) is 94.0 Å². The highest BCUT2D eigenvalue weighted by molar-refractivity contribution is 6.04. The standard InChI is InChI=1S/C34H41NO2/c1-21(2)17-26-19-30-31(34(7,8)23(4)33(30,5)6)20-29(26)22(3)18-24-9-11-25(12-10-24)32(37)35-27-13-15-28(36)16-14-27/h9-16,18-21,23,36H,17H2,1-8H3,(H,35,37). The molecule has 0 heterocycles. The summed E-state index contributed by atoms with van der Waals surface area (Å²) in [6.07, 6.45) is 3.28. The molecular weight excluding hydrogens is 454 g/mol. The molecule has 2 N–H and O–H groups in total. The van der Waals surface area contributed by atoms with Crippen molar-refractivity contribution in [3.63, 3.8) is 0 Å². The Morgan fingerprint density at radius 1 is 0.946 bits per heavy atom. The van der Waals surface area contributed by atoms with Gasteiger partial charge in [-0.15, -0.1) is 0 Å². The number of carbonyl (C=O) groups excluding carboxylic acids is 1. The van der Waals surface area contributed by atoms with E-state index in [-0.39, 0.29) is 22.5 Å². The fourth-order valence-electron chi connectivity index (χ4n) is 5.86. The van der Waals surface area contributed by atoms with Crippen LogP contribution in [0.15, 0.2) is 60.7 Å². The van der Waals surface area contributed by atoms with Gasteiger partial charge in [-0.25, -0.2) is 0 Å². The largest absolute Gasteiger partial charge is 0.508 e. The number of amides is 1. The van der Waals surface area contributed by atoms with E-state index < -0.39 is 0 Å². The number of hydrogen-bond donors (Lipinski definition) is 2. The van der Waals surface area contributed by atoms with Crippen molar-refractivity contribution < 1.29 is 9.90 Å². The number of aromatic hydroxyl groups is 1. The molecule has 4 rings (SSSR count). The molecule has 1 unspecified atom stereocenters. The van der Waals surface area contributed by atoms with Gasteiger partial charge in [0.2, 0.25) is 0 Å². The minimum Gasteiger partial charge on any atom is -0.508 e. The lowest BCUT2D eigenvalue weighted by molar-refractivity contribution is 0.102. The molecule has 3 aromatic carbocycles. The summed E-state index contributed by atoms with van der Waals surface area (Å²) in [5.41, 5.74) is 9.56. The fourth-order valence-corrected chi connectivity index (χ4v) is 5.86. The first-order valence-corrected chi connectivity index (χ1v) is 13.4. The molecule has 0 aliphatic heterocycles.